The molecule has 1 aromatic heterocycles. The van der Waals surface area contributed by atoms with Gasteiger partial charge in [0.2, 0.25) is 5.91 Å². The molecule has 1 aliphatic heterocycles. The van der Waals surface area contributed by atoms with E-state index in [0.29, 0.717) is 37.2 Å². The van der Waals surface area contributed by atoms with Crippen LogP contribution in [0.5, 0.6) is 0 Å². The molecule has 1 aromatic carbocycles. The molecule has 126 valence electrons. The zero-order valence-corrected chi connectivity index (χ0v) is 14.4. The van der Waals surface area contributed by atoms with Gasteiger partial charge in [-0.3, -0.25) is 9.59 Å². The maximum Gasteiger partial charge on any atom is 0.267 e. The SMILES string of the molecule is CCc1nnsc1C(=O)N1CCC(C(=O)Nc2ccccc2)CC1. The number of piperidine rings is 1. The Balaban J connectivity index is 1.56. The van der Waals surface area contributed by atoms with E-state index in [-0.39, 0.29) is 17.7 Å². The molecule has 0 unspecified atom stereocenters. The Morgan fingerprint density at radius 3 is 2.62 bits per heavy atom. The summed E-state index contributed by atoms with van der Waals surface area (Å²) in [5.41, 5.74) is 1.57. The maximum absolute atomic E-state index is 12.6. The maximum atomic E-state index is 12.6. The topological polar surface area (TPSA) is 75.2 Å². The van der Waals surface area contributed by atoms with Crippen molar-refractivity contribution in [1.82, 2.24) is 14.5 Å². The van der Waals surface area contributed by atoms with Crippen LogP contribution in [-0.4, -0.2) is 39.4 Å². The van der Waals surface area contributed by atoms with Gasteiger partial charge >= 0.3 is 0 Å². The van der Waals surface area contributed by atoms with Gasteiger partial charge in [0.15, 0.2) is 0 Å². The molecule has 0 radical (unpaired) electrons. The number of amides is 2. The van der Waals surface area contributed by atoms with E-state index in [0.717, 1.165) is 22.9 Å². The monoisotopic (exact) mass is 344 g/mol. The highest BCUT2D eigenvalue weighted by atomic mass is 32.1. The van der Waals surface area contributed by atoms with Crippen molar-refractivity contribution < 1.29 is 9.59 Å². The number of likely N-dealkylation sites (tertiary alicyclic amines) is 1. The molecule has 0 spiro atoms. The standard InChI is InChI=1S/C17H20N4O2S/c1-2-14-15(24-20-19-14)17(23)21-10-8-12(9-11-21)16(22)18-13-6-4-3-5-7-13/h3-7,12H,2,8-11H2,1H3,(H,18,22). The molecule has 1 aliphatic rings. The van der Waals surface area contributed by atoms with Crippen LogP contribution in [0.4, 0.5) is 5.69 Å². The Morgan fingerprint density at radius 2 is 1.96 bits per heavy atom. The summed E-state index contributed by atoms with van der Waals surface area (Å²) in [7, 11) is 0. The van der Waals surface area contributed by atoms with E-state index >= 15 is 0 Å². The number of para-hydroxylation sites is 1. The van der Waals surface area contributed by atoms with Gasteiger partial charge < -0.3 is 10.2 Å². The summed E-state index contributed by atoms with van der Waals surface area (Å²) in [6.45, 7) is 3.15. The lowest BCUT2D eigenvalue weighted by Gasteiger charge is -2.31. The zero-order valence-electron chi connectivity index (χ0n) is 13.6. The van der Waals surface area contributed by atoms with Crippen molar-refractivity contribution in [2.45, 2.75) is 26.2 Å². The Bertz CT molecular complexity index is 708. The van der Waals surface area contributed by atoms with E-state index in [4.69, 9.17) is 0 Å². The highest BCUT2D eigenvalue weighted by molar-refractivity contribution is 7.08. The third-order valence-corrected chi connectivity index (χ3v) is 5.04. The molecule has 0 atom stereocenters. The summed E-state index contributed by atoms with van der Waals surface area (Å²) in [6, 6.07) is 9.45. The van der Waals surface area contributed by atoms with Gasteiger partial charge in [-0.15, -0.1) is 5.10 Å². The minimum absolute atomic E-state index is 0.0104. The number of benzene rings is 1. The molecule has 0 aliphatic carbocycles. The van der Waals surface area contributed by atoms with Crippen LogP contribution in [0, 0.1) is 5.92 Å². The quantitative estimate of drug-likeness (QED) is 0.925. The zero-order chi connectivity index (χ0) is 16.9. The van der Waals surface area contributed by atoms with E-state index in [2.05, 4.69) is 14.9 Å². The molecule has 24 heavy (non-hydrogen) atoms. The smallest absolute Gasteiger partial charge is 0.267 e. The summed E-state index contributed by atoms with van der Waals surface area (Å²) < 4.78 is 3.88. The molecule has 2 amide bonds. The molecule has 2 heterocycles. The molecule has 1 saturated heterocycles. The Morgan fingerprint density at radius 1 is 1.25 bits per heavy atom. The Kier molecular flexibility index (Phi) is 5.20. The largest absolute Gasteiger partial charge is 0.338 e. The van der Waals surface area contributed by atoms with Crippen LogP contribution >= 0.6 is 11.5 Å². The highest BCUT2D eigenvalue weighted by Gasteiger charge is 2.29. The van der Waals surface area contributed by atoms with E-state index in [1.165, 1.54) is 0 Å². The van der Waals surface area contributed by atoms with Crippen molar-refractivity contribution in [3.05, 3.63) is 40.9 Å². The molecule has 0 saturated carbocycles. The van der Waals surface area contributed by atoms with E-state index in [1.807, 2.05) is 37.3 Å². The molecular weight excluding hydrogens is 324 g/mol. The first kappa shape index (κ1) is 16.6. The second-order valence-corrected chi connectivity index (χ2v) is 6.58. The van der Waals surface area contributed by atoms with Crippen LogP contribution in [0.3, 0.4) is 0 Å². The number of aryl methyl sites for hydroxylation is 1. The van der Waals surface area contributed by atoms with Crippen LogP contribution in [0.15, 0.2) is 30.3 Å². The lowest BCUT2D eigenvalue weighted by atomic mass is 9.95. The molecule has 1 fully saturated rings. The van der Waals surface area contributed by atoms with Crippen LogP contribution in [-0.2, 0) is 11.2 Å². The van der Waals surface area contributed by atoms with Crippen LogP contribution in [0.1, 0.15) is 35.1 Å². The van der Waals surface area contributed by atoms with Crippen molar-refractivity contribution >= 4 is 29.0 Å². The average molecular weight is 344 g/mol. The first-order valence-electron chi connectivity index (χ1n) is 8.15. The number of carbonyl (C=O) groups excluding carboxylic acids is 2. The fraction of sp³-hybridized carbons (Fsp3) is 0.412. The van der Waals surface area contributed by atoms with Crippen LogP contribution in [0.25, 0.3) is 0 Å². The number of nitrogens with zero attached hydrogens (tertiary/aromatic N) is 3. The molecule has 2 aromatic rings. The fourth-order valence-electron chi connectivity index (χ4n) is 2.86. The van der Waals surface area contributed by atoms with Crippen molar-refractivity contribution in [1.29, 1.82) is 0 Å². The number of hydrogen-bond acceptors (Lipinski definition) is 5. The predicted molar refractivity (Wildman–Crippen MR) is 93.0 cm³/mol. The Hall–Kier alpha value is -2.28. The van der Waals surface area contributed by atoms with Gasteiger partial charge in [0.25, 0.3) is 5.91 Å². The van der Waals surface area contributed by atoms with Gasteiger partial charge in [-0.2, -0.15) is 0 Å². The second kappa shape index (κ2) is 7.53. The van der Waals surface area contributed by atoms with E-state index in [9.17, 15) is 9.59 Å². The molecule has 7 heteroatoms. The number of carbonyl (C=O) groups is 2. The third-order valence-electron chi connectivity index (χ3n) is 4.28. The first-order valence-corrected chi connectivity index (χ1v) is 8.92. The number of hydrogen-bond donors (Lipinski definition) is 1. The molecule has 6 nitrogen and oxygen atoms in total. The van der Waals surface area contributed by atoms with Gasteiger partial charge in [0.05, 0.1) is 5.69 Å². The molecule has 3 rings (SSSR count). The minimum Gasteiger partial charge on any atom is -0.338 e. The van der Waals surface area contributed by atoms with Crippen LogP contribution in [0.2, 0.25) is 0 Å². The summed E-state index contributed by atoms with van der Waals surface area (Å²) in [4.78, 5) is 27.3. The van der Waals surface area contributed by atoms with Gasteiger partial charge in [-0.25, -0.2) is 0 Å². The number of aromatic nitrogens is 2. The summed E-state index contributed by atoms with van der Waals surface area (Å²) in [5.74, 6) is -0.0368. The predicted octanol–water partition coefficient (Wildman–Crippen LogP) is 2.59. The number of rotatable bonds is 4. The molecular formula is C17H20N4O2S. The van der Waals surface area contributed by atoms with Gasteiger partial charge in [-0.05, 0) is 42.9 Å². The van der Waals surface area contributed by atoms with Crippen LogP contribution < -0.4 is 5.32 Å². The number of nitrogens with one attached hydrogen (secondary N) is 1. The van der Waals surface area contributed by atoms with Gasteiger partial charge in [-0.1, -0.05) is 29.6 Å². The lowest BCUT2D eigenvalue weighted by Crippen LogP contribution is -2.41. The normalized spacial score (nSPS) is 15.3. The summed E-state index contributed by atoms with van der Waals surface area (Å²) in [6.07, 6.45) is 2.06. The summed E-state index contributed by atoms with van der Waals surface area (Å²) >= 11 is 1.15. The fourth-order valence-corrected chi connectivity index (χ4v) is 3.58. The molecule has 0 bridgehead atoms. The highest BCUT2D eigenvalue weighted by Crippen LogP contribution is 2.22. The summed E-state index contributed by atoms with van der Waals surface area (Å²) in [5, 5.41) is 6.94. The Labute approximate surface area is 145 Å². The minimum atomic E-state index is -0.0560. The molecule has 1 N–H and O–H groups in total. The van der Waals surface area contributed by atoms with Crippen molar-refractivity contribution in [2.75, 3.05) is 18.4 Å². The van der Waals surface area contributed by atoms with Crippen molar-refractivity contribution in [2.24, 2.45) is 5.92 Å². The van der Waals surface area contributed by atoms with Gasteiger partial charge in [0, 0.05) is 24.7 Å². The van der Waals surface area contributed by atoms with Crippen molar-refractivity contribution in [3.63, 3.8) is 0 Å². The lowest BCUT2D eigenvalue weighted by molar-refractivity contribution is -0.121. The first-order chi connectivity index (χ1) is 11.7. The van der Waals surface area contributed by atoms with E-state index in [1.54, 1.807) is 4.90 Å². The van der Waals surface area contributed by atoms with E-state index < -0.39 is 0 Å². The second-order valence-electron chi connectivity index (χ2n) is 5.82. The third kappa shape index (κ3) is 3.62. The van der Waals surface area contributed by atoms with Crippen molar-refractivity contribution in [3.8, 4) is 0 Å². The average Bonchev–Trinajstić information content (AvgIpc) is 3.11. The number of anilines is 1. The van der Waals surface area contributed by atoms with Gasteiger partial charge in [0.1, 0.15) is 4.88 Å².